The number of nitro groups is 1. The van der Waals surface area contributed by atoms with E-state index in [9.17, 15) is 44.0 Å². The topological polar surface area (TPSA) is 252 Å². The Kier molecular flexibility index (Phi) is 15.9. The number of carbonyl (C=O) groups is 6. The van der Waals surface area contributed by atoms with Crippen LogP contribution < -0.4 is 4.74 Å². The lowest BCUT2D eigenvalue weighted by Crippen LogP contribution is -2.69. The maximum atomic E-state index is 14.4. The number of nitro benzene ring substituents is 1. The van der Waals surface area contributed by atoms with Gasteiger partial charge in [-0.2, -0.15) is 0 Å². The molecule has 2 fully saturated rings. The fraction of sp³-hybridized carbons (Fsp3) is 0.415. The number of amides is 2. The number of ether oxygens (including phenoxy) is 9. The van der Waals surface area contributed by atoms with Gasteiger partial charge in [0.05, 0.1) is 49.4 Å². The number of esters is 4. The Morgan fingerprint density at radius 2 is 1.22 bits per heavy atom. The van der Waals surface area contributed by atoms with E-state index in [0.717, 1.165) is 39.8 Å². The average Bonchev–Trinajstić information content (AvgIpc) is 3.50. The van der Waals surface area contributed by atoms with Gasteiger partial charge < -0.3 is 47.7 Å². The van der Waals surface area contributed by atoms with Crippen LogP contribution in [0.2, 0.25) is 20.1 Å². The summed E-state index contributed by atoms with van der Waals surface area (Å²) in [6.07, 6.45) is -15.8. The van der Waals surface area contributed by atoms with Crippen LogP contribution in [0.1, 0.15) is 54.0 Å². The van der Waals surface area contributed by atoms with Crippen LogP contribution in [0.3, 0.4) is 0 Å². The van der Waals surface area contributed by atoms with Crippen molar-refractivity contribution in [1.82, 2.24) is 4.90 Å². The van der Waals surface area contributed by atoms with Crippen molar-refractivity contribution in [1.29, 1.82) is 0 Å². The molecule has 0 radical (unpaired) electrons. The molecule has 0 unspecified atom stereocenters. The number of nitrogens with zero attached hydrogens (tertiary/aromatic N) is 2. The molecule has 3 heterocycles. The number of fused-ring (bicyclic) bond motifs is 1. The van der Waals surface area contributed by atoms with E-state index in [2.05, 4.69) is 0 Å². The Bertz CT molecular complexity index is 2290. The molecule has 6 rings (SSSR count). The predicted octanol–water partition coefficient (Wildman–Crippen LogP) is 5.02. The van der Waals surface area contributed by atoms with Crippen LogP contribution >= 0.6 is 46.4 Å². The third kappa shape index (κ3) is 10.9. The zero-order chi connectivity index (χ0) is 47.4. The summed E-state index contributed by atoms with van der Waals surface area (Å²) in [4.78, 5) is 89.7. The smallest absolute Gasteiger partial charge is 0.303 e. The van der Waals surface area contributed by atoms with E-state index in [-0.39, 0.29) is 28.1 Å². The monoisotopic (exact) mass is 986 g/mol. The summed E-state index contributed by atoms with van der Waals surface area (Å²) in [5.41, 5.74) is -0.581. The molecule has 65 heavy (non-hydrogen) atoms. The van der Waals surface area contributed by atoms with Gasteiger partial charge in [0.15, 0.2) is 24.6 Å². The number of halogens is 4. The predicted molar refractivity (Wildman–Crippen MR) is 222 cm³/mol. The molecule has 24 heteroatoms. The lowest BCUT2D eigenvalue weighted by Gasteiger charge is -2.49. The van der Waals surface area contributed by atoms with E-state index in [1.54, 1.807) is 30.3 Å². The second kappa shape index (κ2) is 21.0. The fourth-order valence-corrected chi connectivity index (χ4v) is 8.33. The highest BCUT2D eigenvalue weighted by Gasteiger charge is 2.59. The van der Waals surface area contributed by atoms with Crippen molar-refractivity contribution in [2.75, 3.05) is 13.2 Å². The van der Waals surface area contributed by atoms with E-state index in [1.165, 1.54) is 12.1 Å². The Hall–Kier alpha value is -5.16. The number of hydrogen-bond acceptors (Lipinski definition) is 18. The van der Waals surface area contributed by atoms with Crippen LogP contribution in [0.25, 0.3) is 0 Å². The number of non-ortho nitro benzene ring substituents is 1. The van der Waals surface area contributed by atoms with Gasteiger partial charge in [0, 0.05) is 39.8 Å². The Morgan fingerprint density at radius 3 is 1.75 bits per heavy atom. The van der Waals surface area contributed by atoms with Gasteiger partial charge >= 0.3 is 23.9 Å². The maximum absolute atomic E-state index is 14.4. The summed E-state index contributed by atoms with van der Waals surface area (Å²) >= 11 is 25.5. The van der Waals surface area contributed by atoms with Crippen molar-refractivity contribution in [3.63, 3.8) is 0 Å². The molecule has 1 N–H and O–H groups in total. The molecule has 0 aliphatic carbocycles. The normalized spacial score (nSPS) is 26.2. The van der Waals surface area contributed by atoms with Crippen LogP contribution in [-0.4, -0.2) is 125 Å². The number of carbonyl (C=O) groups excluding carboxylic acids is 6. The van der Waals surface area contributed by atoms with E-state index < -0.39 is 136 Å². The molecule has 0 spiro atoms. The summed E-state index contributed by atoms with van der Waals surface area (Å²) in [6, 6.07) is 11.5. The first kappa shape index (κ1) is 49.3. The number of hydrogen-bond donors (Lipinski definition) is 1. The van der Waals surface area contributed by atoms with Gasteiger partial charge in [0.25, 0.3) is 17.5 Å². The van der Waals surface area contributed by atoms with Crippen molar-refractivity contribution < 1.29 is 81.4 Å². The Morgan fingerprint density at radius 1 is 0.692 bits per heavy atom. The van der Waals surface area contributed by atoms with Gasteiger partial charge in [-0.3, -0.25) is 43.8 Å². The maximum Gasteiger partial charge on any atom is 0.303 e. The van der Waals surface area contributed by atoms with Gasteiger partial charge in [-0.1, -0.05) is 76.7 Å². The second-order valence-corrected chi connectivity index (χ2v) is 16.1. The van der Waals surface area contributed by atoms with E-state index in [4.69, 9.17) is 89.0 Å². The number of rotatable bonds is 15. The third-order valence-corrected chi connectivity index (χ3v) is 11.8. The van der Waals surface area contributed by atoms with E-state index in [0.29, 0.717) is 10.5 Å². The van der Waals surface area contributed by atoms with Crippen LogP contribution in [0.15, 0.2) is 54.6 Å². The molecule has 2 amide bonds. The molecule has 10 atom stereocenters. The molecule has 0 saturated carbocycles. The average molecular weight is 989 g/mol. The minimum atomic E-state index is -2.12. The highest BCUT2D eigenvalue weighted by Crippen LogP contribution is 2.47. The molecule has 0 aromatic heterocycles. The zero-order valence-electron chi connectivity index (χ0n) is 34.4. The molecule has 20 nitrogen and oxygen atoms in total. The van der Waals surface area contributed by atoms with Gasteiger partial charge in [0.2, 0.25) is 6.29 Å². The lowest BCUT2D eigenvalue weighted by atomic mass is 9.94. The first-order valence-corrected chi connectivity index (χ1v) is 20.9. The Balaban J connectivity index is 1.47. The van der Waals surface area contributed by atoms with Crippen molar-refractivity contribution in [3.05, 3.63) is 101 Å². The standard InChI is InChI=1S/C41H38Cl4N2O18/c1-17(48)58-16-25-35(59-18(2)49)36(60-19(3)50)37(61-20(4)51)41(64-25)65-34-24(15-57-14-21-8-6-5-7-9-21)63-40(62-23-12-10-22(11-13-23)47(55)56)32(33(34)52)46-38(53)26-27(39(46)54)29(43)31(45)30(44)28(26)42/h5-13,24-25,32-37,40-41,52H,14-16H2,1-4H3/t24-,25-,32-,33-,34-,35+,36+,37-,40-,41+/m1/s1. The molecule has 3 aliphatic heterocycles. The molecular formula is C41H38Cl4N2O18. The number of benzene rings is 3. The summed E-state index contributed by atoms with van der Waals surface area (Å²) in [6.45, 7) is 3.01. The first-order valence-electron chi connectivity index (χ1n) is 19.3. The summed E-state index contributed by atoms with van der Waals surface area (Å²) < 4.78 is 52.9. The molecule has 2 saturated heterocycles. The highest BCUT2D eigenvalue weighted by atomic mass is 35.5. The highest BCUT2D eigenvalue weighted by molar-refractivity contribution is 6.55. The number of imide groups is 1. The quantitative estimate of drug-likeness (QED) is 0.0399. The van der Waals surface area contributed by atoms with Crippen LogP contribution in [0.4, 0.5) is 5.69 Å². The summed E-state index contributed by atoms with van der Waals surface area (Å²) in [5, 5.41) is 22.5. The SMILES string of the molecule is CC(=O)OC[C@H]1O[C@@H](O[C@H]2[C@H](O)[C@@H](N3C(=O)c4c(Cl)c(Cl)c(Cl)c(Cl)c4C3=O)[C@H](Oc3ccc([N+](=O)[O-])cc3)O[C@@H]2COCc2ccccc2)[C@H](OC(C)=O)[C@@H](OC(C)=O)[C@H]1OC(C)=O. The van der Waals surface area contributed by atoms with Crippen LogP contribution in [-0.2, 0) is 63.7 Å². The molecule has 3 aliphatic rings. The summed E-state index contributed by atoms with van der Waals surface area (Å²) in [7, 11) is 0. The Labute approximate surface area is 388 Å². The lowest BCUT2D eigenvalue weighted by molar-refractivity contribution is -0.384. The fourth-order valence-electron chi connectivity index (χ4n) is 7.32. The number of aliphatic hydroxyl groups excluding tert-OH is 1. The van der Waals surface area contributed by atoms with Crippen molar-refractivity contribution in [2.24, 2.45) is 0 Å². The second-order valence-electron chi connectivity index (χ2n) is 14.5. The van der Waals surface area contributed by atoms with Gasteiger partial charge in [-0.25, -0.2) is 0 Å². The van der Waals surface area contributed by atoms with Gasteiger partial charge in [-0.15, -0.1) is 0 Å². The van der Waals surface area contributed by atoms with E-state index in [1.807, 2.05) is 0 Å². The third-order valence-electron chi connectivity index (χ3n) is 10.0. The van der Waals surface area contributed by atoms with Crippen molar-refractivity contribution >= 4 is 87.8 Å². The summed E-state index contributed by atoms with van der Waals surface area (Å²) in [5.74, 6) is -6.01. The van der Waals surface area contributed by atoms with Crippen molar-refractivity contribution in [2.45, 2.75) is 95.7 Å². The molecule has 3 aromatic carbocycles. The van der Waals surface area contributed by atoms with Gasteiger partial charge in [0.1, 0.15) is 42.8 Å². The van der Waals surface area contributed by atoms with Crippen LogP contribution in [0, 0.1) is 10.1 Å². The van der Waals surface area contributed by atoms with E-state index >= 15 is 0 Å². The minimum absolute atomic E-state index is 0.0310. The molecule has 348 valence electrons. The molecule has 0 bridgehead atoms. The van der Waals surface area contributed by atoms with Crippen molar-refractivity contribution in [3.8, 4) is 5.75 Å². The number of aliphatic hydroxyl groups is 1. The van der Waals surface area contributed by atoms with Crippen LogP contribution in [0.5, 0.6) is 5.75 Å². The first-order chi connectivity index (χ1) is 30.8. The van der Waals surface area contributed by atoms with Gasteiger partial charge in [-0.05, 0) is 17.7 Å². The molecular weight excluding hydrogens is 950 g/mol. The largest absolute Gasteiger partial charge is 0.463 e. The molecule has 3 aromatic rings. The zero-order valence-corrected chi connectivity index (χ0v) is 37.4. The minimum Gasteiger partial charge on any atom is -0.463 e.